The third-order valence-electron chi connectivity index (χ3n) is 3.53. The lowest BCUT2D eigenvalue weighted by Crippen LogP contribution is -2.43. The Bertz CT molecular complexity index is 682. The van der Waals surface area contributed by atoms with Crippen LogP contribution in [-0.2, 0) is 43.0 Å². The maximum atomic E-state index is 12.7. The van der Waals surface area contributed by atoms with Gasteiger partial charge in [0.2, 0.25) is 0 Å². The van der Waals surface area contributed by atoms with E-state index in [1.54, 1.807) is 6.92 Å². The summed E-state index contributed by atoms with van der Waals surface area (Å²) < 4.78 is 41.4. The monoisotopic (exact) mass is 421 g/mol. The number of rotatable bonds is 13. The van der Waals surface area contributed by atoms with Crippen LogP contribution in [0.5, 0.6) is 0 Å². The minimum absolute atomic E-state index is 0.115. The summed E-state index contributed by atoms with van der Waals surface area (Å²) in [6.45, 7) is 10.1. The molecule has 0 atom stereocenters. The van der Waals surface area contributed by atoms with E-state index in [0.29, 0.717) is 6.42 Å². The van der Waals surface area contributed by atoms with Gasteiger partial charge < -0.3 is 14.2 Å². The zero-order valence-electron chi connectivity index (χ0n) is 16.3. The maximum Gasteiger partial charge on any atom is 0.333 e. The summed E-state index contributed by atoms with van der Waals surface area (Å²) in [6.07, 6.45) is 0.591. The Balaban J connectivity index is 5.45. The molecule has 0 spiro atoms. The standard InChI is InChI=1S/C17H27NO9S/c1-6-7-17(10-25-14(19)12(2)3,11-26-15(20)13(4)5)16(21)24-8-9-28(22,23)27-18/h2,4,6-11,18H2,1,3,5H3. The fourth-order valence-corrected chi connectivity index (χ4v) is 2.36. The summed E-state index contributed by atoms with van der Waals surface area (Å²) in [5.41, 5.74) is -1.30. The Morgan fingerprint density at radius 3 is 1.79 bits per heavy atom. The highest BCUT2D eigenvalue weighted by molar-refractivity contribution is 7.86. The lowest BCUT2D eigenvalue weighted by Gasteiger charge is -2.30. The molecule has 0 fully saturated rings. The van der Waals surface area contributed by atoms with Crippen LogP contribution in [0.3, 0.4) is 0 Å². The molecular weight excluding hydrogens is 394 g/mol. The van der Waals surface area contributed by atoms with Gasteiger partial charge in [0.15, 0.2) is 0 Å². The Morgan fingerprint density at radius 2 is 1.43 bits per heavy atom. The van der Waals surface area contributed by atoms with E-state index in [2.05, 4.69) is 23.3 Å². The van der Waals surface area contributed by atoms with E-state index in [-0.39, 0.29) is 17.6 Å². The number of ether oxygens (including phenoxy) is 3. The molecule has 10 nitrogen and oxygen atoms in total. The number of carbonyl (C=O) groups excluding carboxylic acids is 3. The number of carbonyl (C=O) groups is 3. The van der Waals surface area contributed by atoms with Gasteiger partial charge in [0.05, 0.1) is 0 Å². The van der Waals surface area contributed by atoms with Crippen LogP contribution in [-0.4, -0.2) is 51.9 Å². The van der Waals surface area contributed by atoms with Crippen LogP contribution < -0.4 is 5.90 Å². The van der Waals surface area contributed by atoms with Gasteiger partial charge in [-0.05, 0) is 20.3 Å². The molecule has 0 aromatic heterocycles. The normalized spacial score (nSPS) is 11.4. The first kappa shape index (κ1) is 25.8. The van der Waals surface area contributed by atoms with Crippen LogP contribution in [0.15, 0.2) is 24.3 Å². The lowest BCUT2D eigenvalue weighted by molar-refractivity contribution is -0.170. The molecular formula is C17H27NO9S. The van der Waals surface area contributed by atoms with Gasteiger partial charge in [-0.1, -0.05) is 26.5 Å². The molecule has 2 N–H and O–H groups in total. The Kier molecular flexibility index (Phi) is 10.6. The fourth-order valence-electron chi connectivity index (χ4n) is 1.98. The van der Waals surface area contributed by atoms with Gasteiger partial charge in [0, 0.05) is 11.1 Å². The van der Waals surface area contributed by atoms with Crippen molar-refractivity contribution in [3.05, 3.63) is 24.3 Å². The predicted octanol–water partition coefficient (Wildman–Crippen LogP) is 0.775. The third kappa shape index (κ3) is 8.63. The van der Waals surface area contributed by atoms with Crippen molar-refractivity contribution < 1.29 is 41.3 Å². The van der Waals surface area contributed by atoms with E-state index in [4.69, 9.17) is 14.2 Å². The van der Waals surface area contributed by atoms with Gasteiger partial charge in [-0.2, -0.15) is 18.6 Å². The summed E-state index contributed by atoms with van der Waals surface area (Å²) in [5.74, 6) is 1.57. The van der Waals surface area contributed by atoms with E-state index in [1.165, 1.54) is 13.8 Å². The van der Waals surface area contributed by atoms with Crippen LogP contribution >= 0.6 is 0 Å². The maximum absolute atomic E-state index is 12.7. The van der Waals surface area contributed by atoms with Crippen LogP contribution in [0, 0.1) is 5.41 Å². The van der Waals surface area contributed by atoms with Crippen LogP contribution in [0.4, 0.5) is 0 Å². The molecule has 0 aliphatic rings. The van der Waals surface area contributed by atoms with Gasteiger partial charge >= 0.3 is 17.9 Å². The van der Waals surface area contributed by atoms with Crippen molar-refractivity contribution in [3.8, 4) is 0 Å². The van der Waals surface area contributed by atoms with Crippen molar-refractivity contribution >= 4 is 28.0 Å². The summed E-state index contributed by atoms with van der Waals surface area (Å²) in [7, 11) is -4.04. The van der Waals surface area contributed by atoms with Gasteiger partial charge in [-0.25, -0.2) is 9.59 Å². The van der Waals surface area contributed by atoms with Gasteiger partial charge in [-0.15, -0.1) is 0 Å². The third-order valence-corrected chi connectivity index (χ3v) is 4.49. The Labute approximate surface area is 164 Å². The molecule has 0 saturated heterocycles. The molecule has 160 valence electrons. The van der Waals surface area contributed by atoms with Gasteiger partial charge in [0.1, 0.15) is 31.0 Å². The molecule has 0 aliphatic heterocycles. The molecule has 0 unspecified atom stereocenters. The minimum atomic E-state index is -4.04. The first-order chi connectivity index (χ1) is 12.9. The van der Waals surface area contributed by atoms with Crippen LogP contribution in [0.1, 0.15) is 33.6 Å². The summed E-state index contributed by atoms with van der Waals surface area (Å²) in [6, 6.07) is 0. The highest BCUT2D eigenvalue weighted by Crippen LogP contribution is 2.28. The second kappa shape index (κ2) is 11.6. The molecule has 0 aromatic rings. The van der Waals surface area contributed by atoms with Crippen LogP contribution in [0.2, 0.25) is 0 Å². The molecule has 0 aromatic carbocycles. The zero-order valence-corrected chi connectivity index (χ0v) is 17.1. The molecule has 0 saturated carbocycles. The molecule has 0 radical (unpaired) electrons. The zero-order chi connectivity index (χ0) is 22.0. The first-order valence-corrected chi connectivity index (χ1v) is 9.92. The molecule has 0 rings (SSSR count). The van der Waals surface area contributed by atoms with Crippen molar-refractivity contribution in [1.82, 2.24) is 0 Å². The van der Waals surface area contributed by atoms with Gasteiger partial charge in [0.25, 0.3) is 10.1 Å². The second-order valence-electron chi connectivity index (χ2n) is 6.24. The van der Waals surface area contributed by atoms with Crippen molar-refractivity contribution in [2.45, 2.75) is 33.6 Å². The molecule has 28 heavy (non-hydrogen) atoms. The van der Waals surface area contributed by atoms with E-state index in [0.717, 1.165) is 0 Å². The van der Waals surface area contributed by atoms with E-state index in [9.17, 15) is 22.8 Å². The average Bonchev–Trinajstić information content (AvgIpc) is 2.62. The molecule has 0 amide bonds. The summed E-state index contributed by atoms with van der Waals surface area (Å²) >= 11 is 0. The average molecular weight is 421 g/mol. The minimum Gasteiger partial charge on any atom is -0.464 e. The highest BCUT2D eigenvalue weighted by atomic mass is 32.2. The largest absolute Gasteiger partial charge is 0.464 e. The van der Waals surface area contributed by atoms with E-state index in [1.807, 2.05) is 0 Å². The summed E-state index contributed by atoms with van der Waals surface area (Å²) in [4.78, 5) is 36.2. The van der Waals surface area contributed by atoms with Crippen molar-refractivity contribution in [2.24, 2.45) is 11.3 Å². The molecule has 0 bridgehead atoms. The lowest BCUT2D eigenvalue weighted by atomic mass is 9.85. The Morgan fingerprint density at radius 1 is 0.964 bits per heavy atom. The second-order valence-corrected chi connectivity index (χ2v) is 7.95. The van der Waals surface area contributed by atoms with Crippen molar-refractivity contribution in [1.29, 1.82) is 0 Å². The van der Waals surface area contributed by atoms with E-state index < -0.39 is 59.0 Å². The topological polar surface area (TPSA) is 148 Å². The number of hydrogen-bond donors (Lipinski definition) is 1. The molecule has 0 aliphatic carbocycles. The number of hydrogen-bond acceptors (Lipinski definition) is 10. The van der Waals surface area contributed by atoms with Crippen molar-refractivity contribution in [3.63, 3.8) is 0 Å². The number of nitrogens with two attached hydrogens (primary N) is 1. The molecule has 11 heteroatoms. The highest BCUT2D eigenvalue weighted by Gasteiger charge is 2.43. The SMILES string of the molecule is C=C(C)C(=O)OCC(CCC)(COC(=O)C(=C)C)C(=O)OCCS(=O)(=O)ON. The van der Waals surface area contributed by atoms with E-state index >= 15 is 0 Å². The van der Waals surface area contributed by atoms with Crippen LogP contribution in [0.25, 0.3) is 0 Å². The fraction of sp³-hybridized carbons (Fsp3) is 0.588. The number of esters is 3. The Hall–Kier alpha value is -2.24. The molecule has 0 heterocycles. The first-order valence-electron chi connectivity index (χ1n) is 8.34. The van der Waals surface area contributed by atoms with Crippen molar-refractivity contribution in [2.75, 3.05) is 25.6 Å². The smallest absolute Gasteiger partial charge is 0.333 e. The predicted molar refractivity (Wildman–Crippen MR) is 98.9 cm³/mol. The van der Waals surface area contributed by atoms with Gasteiger partial charge in [-0.3, -0.25) is 4.79 Å². The summed E-state index contributed by atoms with van der Waals surface area (Å²) in [5, 5.41) is 0. The quantitative estimate of drug-likeness (QED) is 0.196.